The van der Waals surface area contributed by atoms with E-state index >= 15 is 0 Å². The van der Waals surface area contributed by atoms with E-state index in [-0.39, 0.29) is 18.6 Å². The third kappa shape index (κ3) is 3.34. The second kappa shape index (κ2) is 5.87. The third-order valence-electron chi connectivity index (χ3n) is 2.05. The number of carbonyl (C=O) groups is 1. The van der Waals surface area contributed by atoms with Crippen molar-refractivity contribution in [3.8, 4) is 0 Å². The van der Waals surface area contributed by atoms with Crippen molar-refractivity contribution in [2.75, 3.05) is 19.5 Å². The van der Waals surface area contributed by atoms with Crippen LogP contribution in [0.15, 0.2) is 5.16 Å². The molecular formula is C9H16N4O3S. The predicted octanol–water partition coefficient (Wildman–Crippen LogP) is 0.633. The molecule has 0 aromatic carbocycles. The molecule has 96 valence electrons. The summed E-state index contributed by atoms with van der Waals surface area (Å²) in [5, 5.41) is 16.4. The number of carboxylic acids is 1. The first kappa shape index (κ1) is 13.8. The Morgan fingerprint density at radius 3 is 2.71 bits per heavy atom. The maximum Gasteiger partial charge on any atom is 0.319 e. The van der Waals surface area contributed by atoms with Gasteiger partial charge in [-0.2, -0.15) is 0 Å². The van der Waals surface area contributed by atoms with Gasteiger partial charge in [-0.1, -0.05) is 11.8 Å². The van der Waals surface area contributed by atoms with E-state index in [9.17, 15) is 4.79 Å². The summed E-state index contributed by atoms with van der Waals surface area (Å²) >= 11 is 1.08. The molecule has 1 aromatic rings. The summed E-state index contributed by atoms with van der Waals surface area (Å²) in [5.74, 6) is -0.669. The molecule has 1 heterocycles. The Balaban J connectivity index is 2.89. The number of thioether (sulfide) groups is 1. The number of ether oxygens (including phenoxy) is 1. The lowest BCUT2D eigenvalue weighted by Gasteiger charge is -2.14. The molecule has 1 rings (SSSR count). The Labute approximate surface area is 103 Å². The van der Waals surface area contributed by atoms with Gasteiger partial charge >= 0.3 is 5.97 Å². The highest BCUT2D eigenvalue weighted by Crippen LogP contribution is 2.26. The fraction of sp³-hybridized carbons (Fsp3) is 0.667. The van der Waals surface area contributed by atoms with Gasteiger partial charge in [0.2, 0.25) is 5.95 Å². The van der Waals surface area contributed by atoms with Crippen LogP contribution in [0.3, 0.4) is 0 Å². The molecule has 3 N–H and O–H groups in total. The fourth-order valence-electron chi connectivity index (χ4n) is 1.29. The van der Waals surface area contributed by atoms with Crippen LogP contribution in [0.2, 0.25) is 0 Å². The molecule has 0 bridgehead atoms. The third-order valence-corrected chi connectivity index (χ3v) is 3.16. The molecule has 1 unspecified atom stereocenters. The lowest BCUT2D eigenvalue weighted by molar-refractivity contribution is -0.137. The molecule has 0 aliphatic carbocycles. The lowest BCUT2D eigenvalue weighted by Crippen LogP contribution is -2.22. The molecule has 0 amide bonds. The van der Waals surface area contributed by atoms with Gasteiger partial charge in [-0.15, -0.1) is 10.2 Å². The maximum atomic E-state index is 11.0. The average Bonchev–Trinajstić information content (AvgIpc) is 2.59. The highest BCUT2D eigenvalue weighted by molar-refractivity contribution is 8.00. The van der Waals surface area contributed by atoms with Crippen LogP contribution in [0, 0.1) is 0 Å². The first-order chi connectivity index (χ1) is 7.97. The lowest BCUT2D eigenvalue weighted by atomic mass is 10.4. The van der Waals surface area contributed by atoms with Crippen molar-refractivity contribution < 1.29 is 14.6 Å². The number of hydrogen-bond acceptors (Lipinski definition) is 6. The molecule has 0 fully saturated rings. The molecule has 1 atom stereocenters. The van der Waals surface area contributed by atoms with E-state index in [1.165, 1.54) is 7.11 Å². The van der Waals surface area contributed by atoms with E-state index in [2.05, 4.69) is 10.2 Å². The maximum absolute atomic E-state index is 11.0. The van der Waals surface area contributed by atoms with E-state index in [0.717, 1.165) is 11.8 Å². The predicted molar refractivity (Wildman–Crippen MR) is 64.0 cm³/mol. The number of nitrogens with zero attached hydrogens (tertiary/aromatic N) is 3. The van der Waals surface area contributed by atoms with E-state index in [4.69, 9.17) is 15.6 Å². The minimum atomic E-state index is -0.950. The molecule has 8 heteroatoms. The van der Waals surface area contributed by atoms with Crippen LogP contribution in [-0.2, 0) is 9.53 Å². The van der Waals surface area contributed by atoms with Gasteiger partial charge in [-0.3, -0.25) is 9.36 Å². The molecule has 17 heavy (non-hydrogen) atoms. The largest absolute Gasteiger partial charge is 0.480 e. The van der Waals surface area contributed by atoms with Crippen LogP contribution >= 0.6 is 11.8 Å². The van der Waals surface area contributed by atoms with Crippen LogP contribution < -0.4 is 5.73 Å². The monoisotopic (exact) mass is 260 g/mol. The molecule has 0 aliphatic heterocycles. The molecule has 1 aromatic heterocycles. The number of aliphatic carboxylic acids is 1. The summed E-state index contributed by atoms with van der Waals surface area (Å²) in [6.07, 6.45) is 0. The van der Waals surface area contributed by atoms with Gasteiger partial charge in [0, 0.05) is 13.2 Å². The molecule has 0 spiro atoms. The Morgan fingerprint density at radius 1 is 1.59 bits per heavy atom. The Kier molecular flexibility index (Phi) is 4.76. The van der Waals surface area contributed by atoms with Gasteiger partial charge < -0.3 is 15.6 Å². The summed E-state index contributed by atoms with van der Waals surface area (Å²) in [6.45, 7) is 3.95. The van der Waals surface area contributed by atoms with Crippen molar-refractivity contribution in [2.45, 2.75) is 30.3 Å². The SMILES string of the molecule is COCC(Sc1nnc(N)n1C(C)C)C(=O)O. The average molecular weight is 260 g/mol. The van der Waals surface area contributed by atoms with Gasteiger partial charge in [0.25, 0.3) is 0 Å². The second-order valence-electron chi connectivity index (χ2n) is 3.70. The Bertz CT molecular complexity index is 394. The first-order valence-electron chi connectivity index (χ1n) is 5.06. The normalized spacial score (nSPS) is 12.9. The second-order valence-corrected chi connectivity index (χ2v) is 4.87. The quantitative estimate of drug-likeness (QED) is 0.723. The zero-order valence-corrected chi connectivity index (χ0v) is 10.8. The zero-order chi connectivity index (χ0) is 13.0. The molecule has 0 radical (unpaired) electrons. The zero-order valence-electron chi connectivity index (χ0n) is 9.95. The minimum Gasteiger partial charge on any atom is -0.480 e. The number of methoxy groups -OCH3 is 1. The first-order valence-corrected chi connectivity index (χ1v) is 5.94. The number of nitrogens with two attached hydrogens (primary N) is 1. The number of aromatic nitrogens is 3. The molecular weight excluding hydrogens is 244 g/mol. The summed E-state index contributed by atoms with van der Waals surface area (Å²) < 4.78 is 6.55. The highest BCUT2D eigenvalue weighted by atomic mass is 32.2. The number of hydrogen-bond donors (Lipinski definition) is 2. The van der Waals surface area contributed by atoms with Crippen LogP contribution in [0.25, 0.3) is 0 Å². The molecule has 7 nitrogen and oxygen atoms in total. The molecule has 0 aliphatic rings. The van der Waals surface area contributed by atoms with Crippen LogP contribution in [0.1, 0.15) is 19.9 Å². The van der Waals surface area contributed by atoms with E-state index in [1.54, 1.807) is 4.57 Å². The van der Waals surface area contributed by atoms with Crippen LogP contribution in [-0.4, -0.2) is 44.8 Å². The van der Waals surface area contributed by atoms with Crippen LogP contribution in [0.5, 0.6) is 0 Å². The van der Waals surface area contributed by atoms with Crippen molar-refractivity contribution in [1.82, 2.24) is 14.8 Å². The number of rotatable bonds is 6. The summed E-state index contributed by atoms with van der Waals surface area (Å²) in [7, 11) is 1.46. The van der Waals surface area contributed by atoms with Crippen molar-refractivity contribution in [3.63, 3.8) is 0 Å². The van der Waals surface area contributed by atoms with E-state index < -0.39 is 11.2 Å². The minimum absolute atomic E-state index is 0.0736. The van der Waals surface area contributed by atoms with E-state index in [0.29, 0.717) is 5.16 Å². The van der Waals surface area contributed by atoms with E-state index in [1.807, 2.05) is 13.8 Å². The van der Waals surface area contributed by atoms with Crippen molar-refractivity contribution in [1.29, 1.82) is 0 Å². The smallest absolute Gasteiger partial charge is 0.319 e. The van der Waals surface area contributed by atoms with Crippen LogP contribution in [0.4, 0.5) is 5.95 Å². The Hall–Kier alpha value is -1.28. The van der Waals surface area contributed by atoms with Gasteiger partial charge in [-0.05, 0) is 13.8 Å². The van der Waals surface area contributed by atoms with Crippen molar-refractivity contribution >= 4 is 23.7 Å². The van der Waals surface area contributed by atoms with Gasteiger partial charge in [0.05, 0.1) is 6.61 Å². The van der Waals surface area contributed by atoms with Crippen molar-refractivity contribution in [3.05, 3.63) is 0 Å². The van der Waals surface area contributed by atoms with Gasteiger partial charge in [0.1, 0.15) is 5.25 Å². The highest BCUT2D eigenvalue weighted by Gasteiger charge is 2.23. The number of anilines is 1. The summed E-state index contributed by atoms with van der Waals surface area (Å²) in [5.41, 5.74) is 5.67. The van der Waals surface area contributed by atoms with Gasteiger partial charge in [-0.25, -0.2) is 0 Å². The summed E-state index contributed by atoms with van der Waals surface area (Å²) in [6, 6.07) is 0.0736. The van der Waals surface area contributed by atoms with Gasteiger partial charge in [0.15, 0.2) is 5.16 Å². The fourth-order valence-corrected chi connectivity index (χ4v) is 2.35. The molecule has 0 saturated carbocycles. The topological polar surface area (TPSA) is 103 Å². The Morgan fingerprint density at radius 2 is 2.24 bits per heavy atom. The van der Waals surface area contributed by atoms with Crippen molar-refractivity contribution in [2.24, 2.45) is 0 Å². The standard InChI is InChI=1S/C9H16N4O3S/c1-5(2)13-8(10)11-12-9(13)17-6(4-16-3)7(14)15/h5-6H,4H2,1-3H3,(H2,10,11)(H,14,15). The number of carboxylic acid groups (broad SMARTS) is 1. The molecule has 0 saturated heterocycles. The number of nitrogen functional groups attached to an aromatic ring is 1. The summed E-state index contributed by atoms with van der Waals surface area (Å²) in [4.78, 5) is 11.0.